The Balaban J connectivity index is 2.08. The minimum atomic E-state index is -0.450. The molecule has 3 rings (SSSR count). The van der Waals surface area contributed by atoms with Gasteiger partial charge in [0, 0.05) is 30.2 Å². The highest BCUT2D eigenvalue weighted by Crippen LogP contribution is 2.43. The molecule has 0 aliphatic heterocycles. The Bertz CT molecular complexity index is 1120. The van der Waals surface area contributed by atoms with Gasteiger partial charge in [-0.05, 0) is 73.1 Å². The molecule has 0 saturated heterocycles. The maximum Gasteiger partial charge on any atom is 0.128 e. The number of rotatable bonds is 9. The minimum Gasteiger partial charge on any atom is -0.373 e. The lowest BCUT2D eigenvalue weighted by atomic mass is 10.00. The van der Waals surface area contributed by atoms with E-state index in [0.29, 0.717) is 5.56 Å². The molecular weight excluding hydrogens is 453 g/mol. The zero-order chi connectivity index (χ0) is 24.0. The van der Waals surface area contributed by atoms with Crippen LogP contribution in [0.25, 0.3) is 5.70 Å². The fourth-order valence-electron chi connectivity index (χ4n) is 3.58. The molecule has 0 radical (unpaired) electrons. The smallest absolute Gasteiger partial charge is 0.128 e. The number of thioether (sulfide) groups is 1. The standard InChI is InChI=1S/C27H31F2N2PS/c1-5-7-8-26(31(4)6-2)25-15-18(3)23(17-30-25)27(22-16-19(28)9-14-24(22)29)33-21-12-10-20(32)11-13-21/h8-17,27H,5-7,32H2,1-4H3/b26-8-. The summed E-state index contributed by atoms with van der Waals surface area (Å²) < 4.78 is 29.0. The molecule has 0 saturated carbocycles. The summed E-state index contributed by atoms with van der Waals surface area (Å²) in [5, 5.41) is 0.645. The molecular formula is C27H31F2N2PS. The summed E-state index contributed by atoms with van der Waals surface area (Å²) in [5.41, 5.74) is 4.17. The molecule has 6 heteroatoms. The molecule has 2 nitrogen and oxygen atoms in total. The topological polar surface area (TPSA) is 16.1 Å². The van der Waals surface area contributed by atoms with E-state index in [0.717, 1.165) is 58.2 Å². The molecule has 33 heavy (non-hydrogen) atoms. The van der Waals surface area contributed by atoms with Crippen molar-refractivity contribution in [2.75, 3.05) is 13.6 Å². The highest BCUT2D eigenvalue weighted by Gasteiger charge is 2.23. The normalized spacial score (nSPS) is 12.6. The van der Waals surface area contributed by atoms with E-state index >= 15 is 0 Å². The van der Waals surface area contributed by atoms with Gasteiger partial charge in [-0.2, -0.15) is 0 Å². The van der Waals surface area contributed by atoms with E-state index in [-0.39, 0.29) is 0 Å². The van der Waals surface area contributed by atoms with Crippen LogP contribution in [0.4, 0.5) is 8.78 Å². The van der Waals surface area contributed by atoms with Crippen LogP contribution in [-0.4, -0.2) is 23.5 Å². The lowest BCUT2D eigenvalue weighted by molar-refractivity contribution is 0.505. The molecule has 2 unspecified atom stereocenters. The van der Waals surface area contributed by atoms with Crippen LogP contribution in [0.2, 0.25) is 0 Å². The van der Waals surface area contributed by atoms with Crippen LogP contribution in [0.5, 0.6) is 0 Å². The quantitative estimate of drug-likeness (QED) is 0.237. The van der Waals surface area contributed by atoms with E-state index in [9.17, 15) is 8.78 Å². The van der Waals surface area contributed by atoms with Crippen molar-refractivity contribution in [3.63, 3.8) is 0 Å². The summed E-state index contributed by atoms with van der Waals surface area (Å²) in [4.78, 5) is 7.93. The van der Waals surface area contributed by atoms with Crippen LogP contribution >= 0.6 is 21.0 Å². The van der Waals surface area contributed by atoms with Crippen LogP contribution in [-0.2, 0) is 0 Å². The molecule has 0 amide bonds. The van der Waals surface area contributed by atoms with Crippen molar-refractivity contribution < 1.29 is 8.78 Å². The molecule has 0 spiro atoms. The van der Waals surface area contributed by atoms with Gasteiger partial charge in [-0.15, -0.1) is 21.0 Å². The fourth-order valence-corrected chi connectivity index (χ4v) is 5.02. The van der Waals surface area contributed by atoms with Gasteiger partial charge >= 0.3 is 0 Å². The van der Waals surface area contributed by atoms with E-state index in [1.54, 1.807) is 0 Å². The average molecular weight is 485 g/mol. The summed E-state index contributed by atoms with van der Waals surface area (Å²) in [6, 6.07) is 13.7. The number of allylic oxidation sites excluding steroid dienone is 1. The third-order valence-electron chi connectivity index (χ3n) is 5.58. The largest absolute Gasteiger partial charge is 0.373 e. The number of aryl methyl sites for hydroxylation is 1. The first-order valence-electron chi connectivity index (χ1n) is 11.2. The highest BCUT2D eigenvalue weighted by molar-refractivity contribution is 7.99. The number of benzene rings is 2. The van der Waals surface area contributed by atoms with Gasteiger partial charge in [0.2, 0.25) is 0 Å². The maximum absolute atomic E-state index is 14.9. The number of unbranched alkanes of at least 4 members (excludes halogenated alkanes) is 1. The Morgan fingerprint density at radius 1 is 1.09 bits per heavy atom. The van der Waals surface area contributed by atoms with Crippen molar-refractivity contribution in [3.05, 3.63) is 94.8 Å². The molecule has 0 aliphatic carbocycles. The van der Waals surface area contributed by atoms with Crippen molar-refractivity contribution >= 4 is 32.0 Å². The van der Waals surface area contributed by atoms with Crippen molar-refractivity contribution in [2.45, 2.75) is 43.8 Å². The van der Waals surface area contributed by atoms with E-state index in [2.05, 4.69) is 47.2 Å². The Kier molecular flexibility index (Phi) is 9.05. The van der Waals surface area contributed by atoms with Crippen molar-refractivity contribution in [3.8, 4) is 0 Å². The molecule has 0 N–H and O–H groups in total. The average Bonchev–Trinajstić information content (AvgIpc) is 2.81. The van der Waals surface area contributed by atoms with Gasteiger partial charge in [0.15, 0.2) is 0 Å². The van der Waals surface area contributed by atoms with Gasteiger partial charge in [-0.1, -0.05) is 31.6 Å². The summed E-state index contributed by atoms with van der Waals surface area (Å²) in [6.45, 7) is 7.15. The number of nitrogens with zero attached hydrogens (tertiary/aromatic N) is 2. The van der Waals surface area contributed by atoms with Crippen LogP contribution in [0.15, 0.2) is 65.7 Å². The first kappa shape index (κ1) is 25.4. The zero-order valence-corrected chi connectivity index (χ0v) is 21.6. The Hall–Kier alpha value is -2.23. The van der Waals surface area contributed by atoms with Crippen LogP contribution in [0, 0.1) is 18.6 Å². The van der Waals surface area contributed by atoms with Crippen molar-refractivity contribution in [1.29, 1.82) is 0 Å². The molecule has 174 valence electrons. The Labute approximate surface area is 202 Å². The van der Waals surface area contributed by atoms with Gasteiger partial charge in [0.1, 0.15) is 11.6 Å². The maximum atomic E-state index is 14.9. The second-order valence-electron chi connectivity index (χ2n) is 8.05. The Morgan fingerprint density at radius 2 is 1.82 bits per heavy atom. The number of halogens is 2. The second kappa shape index (κ2) is 11.8. The molecule has 3 aromatic rings. The summed E-state index contributed by atoms with van der Waals surface area (Å²) in [7, 11) is 4.72. The van der Waals surface area contributed by atoms with E-state index in [4.69, 9.17) is 4.98 Å². The zero-order valence-electron chi connectivity index (χ0n) is 19.6. The first-order chi connectivity index (χ1) is 15.8. The van der Waals surface area contributed by atoms with Gasteiger partial charge in [-0.3, -0.25) is 4.98 Å². The van der Waals surface area contributed by atoms with E-state index in [1.807, 2.05) is 37.4 Å². The minimum absolute atomic E-state index is 0.319. The van der Waals surface area contributed by atoms with E-state index < -0.39 is 16.9 Å². The van der Waals surface area contributed by atoms with E-state index in [1.165, 1.54) is 23.9 Å². The molecule has 0 bridgehead atoms. The first-order valence-corrected chi connectivity index (χ1v) is 12.6. The predicted octanol–water partition coefficient (Wildman–Crippen LogP) is 7.14. The SMILES string of the molecule is CCC/C=C(/c1cc(C)c(C(Sc2ccc(P)cc2)c2cc(F)ccc2F)cn1)N(C)CC. The monoisotopic (exact) mass is 484 g/mol. The lowest BCUT2D eigenvalue weighted by Crippen LogP contribution is -2.17. The lowest BCUT2D eigenvalue weighted by Gasteiger charge is -2.24. The van der Waals surface area contributed by atoms with Gasteiger partial charge in [-0.25, -0.2) is 8.78 Å². The van der Waals surface area contributed by atoms with Gasteiger partial charge in [0.05, 0.1) is 16.6 Å². The molecule has 1 heterocycles. The third kappa shape index (κ3) is 6.43. The second-order valence-corrected chi connectivity index (χ2v) is 9.90. The predicted molar refractivity (Wildman–Crippen MR) is 140 cm³/mol. The number of pyridine rings is 1. The molecule has 0 fully saturated rings. The summed E-state index contributed by atoms with van der Waals surface area (Å²) in [6.07, 6.45) is 6.07. The van der Waals surface area contributed by atoms with Gasteiger partial charge < -0.3 is 4.90 Å². The van der Waals surface area contributed by atoms with Gasteiger partial charge in [0.25, 0.3) is 0 Å². The third-order valence-corrected chi connectivity index (χ3v) is 7.26. The van der Waals surface area contributed by atoms with Crippen LogP contribution in [0.3, 0.4) is 0 Å². The fraction of sp³-hybridized carbons (Fsp3) is 0.296. The Morgan fingerprint density at radius 3 is 2.45 bits per heavy atom. The number of aromatic nitrogens is 1. The number of hydrogen-bond donors (Lipinski definition) is 0. The van der Waals surface area contributed by atoms with Crippen LogP contribution in [0.1, 0.15) is 54.3 Å². The molecule has 0 aliphatic rings. The molecule has 2 aromatic carbocycles. The summed E-state index contributed by atoms with van der Waals surface area (Å²) >= 11 is 1.50. The van der Waals surface area contributed by atoms with Crippen LogP contribution < -0.4 is 5.30 Å². The van der Waals surface area contributed by atoms with Crippen molar-refractivity contribution in [2.24, 2.45) is 0 Å². The molecule has 2 atom stereocenters. The number of hydrogen-bond acceptors (Lipinski definition) is 3. The van der Waals surface area contributed by atoms with Crippen molar-refractivity contribution in [1.82, 2.24) is 9.88 Å². The molecule has 1 aromatic heterocycles. The summed E-state index contributed by atoms with van der Waals surface area (Å²) in [5.74, 6) is -0.872. The highest BCUT2D eigenvalue weighted by atomic mass is 32.2.